The van der Waals surface area contributed by atoms with Gasteiger partial charge in [-0.3, -0.25) is 4.79 Å². The molecule has 2 atom stereocenters. The van der Waals surface area contributed by atoms with Gasteiger partial charge in [0.25, 0.3) is 5.91 Å². The molecule has 8 heteroatoms. The summed E-state index contributed by atoms with van der Waals surface area (Å²) in [5.74, 6) is 1.35. The van der Waals surface area contributed by atoms with Gasteiger partial charge in [0.2, 0.25) is 0 Å². The third kappa shape index (κ3) is 6.28. The molecule has 1 aliphatic heterocycles. The number of carbonyl (C=O) groups is 2. The van der Waals surface area contributed by atoms with Crippen molar-refractivity contribution in [3.8, 4) is 11.5 Å². The number of hydrogen-bond acceptors (Lipinski definition) is 5. The molecule has 1 saturated carbocycles. The van der Waals surface area contributed by atoms with Gasteiger partial charge >= 0.3 is 6.03 Å². The van der Waals surface area contributed by atoms with E-state index in [9.17, 15) is 9.59 Å². The molecular weight excluding hydrogens is 410 g/mol. The molecule has 1 saturated heterocycles. The molecule has 0 radical (unpaired) electrons. The fourth-order valence-corrected chi connectivity index (χ4v) is 4.50. The van der Waals surface area contributed by atoms with Crippen molar-refractivity contribution in [2.24, 2.45) is 5.92 Å². The Bertz CT molecular complexity index is 779. The summed E-state index contributed by atoms with van der Waals surface area (Å²) in [5.41, 5.74) is 0.796. The van der Waals surface area contributed by atoms with E-state index in [1.807, 2.05) is 4.90 Å². The zero-order valence-electron chi connectivity index (χ0n) is 19.6. The molecule has 32 heavy (non-hydrogen) atoms. The van der Waals surface area contributed by atoms with Gasteiger partial charge in [-0.2, -0.15) is 0 Å². The lowest BCUT2D eigenvalue weighted by molar-refractivity contribution is -0.00232. The van der Waals surface area contributed by atoms with E-state index in [2.05, 4.69) is 17.6 Å². The average molecular weight is 448 g/mol. The lowest BCUT2D eigenvalue weighted by atomic mass is 9.88. The van der Waals surface area contributed by atoms with Gasteiger partial charge in [-0.25, -0.2) is 4.79 Å². The number of carbonyl (C=O) groups excluding carboxylic acids is 2. The van der Waals surface area contributed by atoms with Gasteiger partial charge in [0, 0.05) is 25.7 Å². The zero-order chi connectivity index (χ0) is 22.9. The highest BCUT2D eigenvalue weighted by Gasteiger charge is 2.24. The van der Waals surface area contributed by atoms with Crippen molar-refractivity contribution in [1.29, 1.82) is 0 Å². The van der Waals surface area contributed by atoms with Crippen molar-refractivity contribution in [3.05, 3.63) is 17.7 Å². The van der Waals surface area contributed by atoms with E-state index >= 15 is 0 Å². The molecule has 1 aromatic rings. The molecule has 1 aliphatic carbocycles. The van der Waals surface area contributed by atoms with Crippen LogP contribution in [0.2, 0.25) is 0 Å². The van der Waals surface area contributed by atoms with Crippen LogP contribution in [0.15, 0.2) is 12.1 Å². The van der Waals surface area contributed by atoms with E-state index in [1.54, 1.807) is 12.1 Å². The van der Waals surface area contributed by atoms with Gasteiger partial charge < -0.3 is 29.7 Å². The van der Waals surface area contributed by atoms with Crippen LogP contribution in [0.5, 0.6) is 11.5 Å². The van der Waals surface area contributed by atoms with Crippen LogP contribution in [0.4, 0.5) is 10.5 Å². The third-order valence-electron chi connectivity index (χ3n) is 6.40. The summed E-state index contributed by atoms with van der Waals surface area (Å²) in [5, 5.41) is 5.64. The van der Waals surface area contributed by atoms with Gasteiger partial charge in [-0.05, 0) is 44.1 Å². The first kappa shape index (κ1) is 24.2. The second-order valence-electron chi connectivity index (χ2n) is 8.66. The first-order chi connectivity index (χ1) is 15.5. The lowest BCUT2D eigenvalue weighted by Gasteiger charge is -2.28. The molecule has 2 N–H and O–H groups in total. The maximum atomic E-state index is 13.2. The molecule has 8 nitrogen and oxygen atoms in total. The minimum Gasteiger partial charge on any atom is -0.493 e. The number of rotatable bonds is 8. The molecule has 3 rings (SSSR count). The van der Waals surface area contributed by atoms with Crippen LogP contribution in [0.25, 0.3) is 0 Å². The van der Waals surface area contributed by atoms with E-state index in [-0.39, 0.29) is 18.0 Å². The van der Waals surface area contributed by atoms with Gasteiger partial charge in [0.15, 0.2) is 11.5 Å². The summed E-state index contributed by atoms with van der Waals surface area (Å²) in [7, 11) is 3.05. The highest BCUT2D eigenvalue weighted by atomic mass is 16.5. The number of nitrogens with zero attached hydrogens (tertiary/aromatic N) is 1. The van der Waals surface area contributed by atoms with Crippen molar-refractivity contribution >= 4 is 17.6 Å². The fraction of sp³-hybridized carbons (Fsp3) is 0.667. The van der Waals surface area contributed by atoms with Crippen LogP contribution in [0, 0.1) is 5.92 Å². The Morgan fingerprint density at radius 3 is 2.38 bits per heavy atom. The second-order valence-corrected chi connectivity index (χ2v) is 8.66. The maximum absolute atomic E-state index is 13.2. The molecule has 1 heterocycles. The Kier molecular flexibility index (Phi) is 9.02. The number of hydrogen-bond donors (Lipinski definition) is 2. The van der Waals surface area contributed by atoms with Gasteiger partial charge in [-0.1, -0.05) is 19.8 Å². The molecule has 0 aromatic heterocycles. The molecule has 178 valence electrons. The van der Waals surface area contributed by atoms with Crippen molar-refractivity contribution in [2.75, 3.05) is 45.8 Å². The number of amides is 3. The second kappa shape index (κ2) is 11.9. The predicted molar refractivity (Wildman–Crippen MR) is 124 cm³/mol. The van der Waals surface area contributed by atoms with Gasteiger partial charge in [-0.15, -0.1) is 0 Å². The Hall–Kier alpha value is -2.48. The number of urea groups is 1. The van der Waals surface area contributed by atoms with Crippen molar-refractivity contribution in [1.82, 2.24) is 10.2 Å². The average Bonchev–Trinajstić information content (AvgIpc) is 2.82. The summed E-state index contributed by atoms with van der Waals surface area (Å²) in [4.78, 5) is 27.6. The molecule has 0 spiro atoms. The molecule has 0 bridgehead atoms. The first-order valence-corrected chi connectivity index (χ1v) is 11.7. The normalized spacial score (nSPS) is 21.0. The smallest absolute Gasteiger partial charge is 0.319 e. The number of piperidine rings is 1. The quantitative estimate of drug-likeness (QED) is 0.587. The number of nitrogens with one attached hydrogen (secondary N) is 2. The van der Waals surface area contributed by atoms with Crippen molar-refractivity contribution in [2.45, 2.75) is 58.0 Å². The molecule has 2 fully saturated rings. The summed E-state index contributed by atoms with van der Waals surface area (Å²) in [6, 6.07) is 2.89. The number of ether oxygens (including phenoxy) is 3. The first-order valence-electron chi connectivity index (χ1n) is 11.7. The Balaban J connectivity index is 1.62. The standard InChI is InChI=1S/C24H37N3O5/c1-17-9-5-6-10-20(17)32-14-11-25-24(29)26-19-16-22(31-3)21(30-2)15-18(19)23(28)27-12-7-4-8-13-27/h15-17,20H,4-14H2,1-3H3,(H2,25,26,29)/t17-,20-/m1/s1. The van der Waals surface area contributed by atoms with E-state index in [1.165, 1.54) is 33.5 Å². The molecular formula is C24H37N3O5. The summed E-state index contributed by atoms with van der Waals surface area (Å²) >= 11 is 0. The Labute approximate surface area is 191 Å². The Morgan fingerprint density at radius 2 is 1.69 bits per heavy atom. The van der Waals surface area contributed by atoms with E-state index < -0.39 is 0 Å². The largest absolute Gasteiger partial charge is 0.493 e. The monoisotopic (exact) mass is 447 g/mol. The summed E-state index contributed by atoms with van der Waals surface area (Å²) in [6.45, 7) is 4.53. The van der Waals surface area contributed by atoms with Crippen LogP contribution < -0.4 is 20.1 Å². The van der Waals surface area contributed by atoms with E-state index in [4.69, 9.17) is 14.2 Å². The minimum atomic E-state index is -0.384. The highest BCUT2D eigenvalue weighted by Crippen LogP contribution is 2.34. The highest BCUT2D eigenvalue weighted by molar-refractivity contribution is 6.04. The van der Waals surface area contributed by atoms with Crippen LogP contribution >= 0.6 is 0 Å². The van der Waals surface area contributed by atoms with Crippen molar-refractivity contribution < 1.29 is 23.8 Å². The fourth-order valence-electron chi connectivity index (χ4n) is 4.50. The summed E-state index contributed by atoms with van der Waals surface area (Å²) in [6.07, 6.45) is 8.14. The van der Waals surface area contributed by atoms with E-state index in [0.717, 1.165) is 38.8 Å². The van der Waals surface area contributed by atoms with Crippen molar-refractivity contribution in [3.63, 3.8) is 0 Å². The zero-order valence-corrected chi connectivity index (χ0v) is 19.6. The van der Waals surface area contributed by atoms with Gasteiger partial charge in [0.05, 0.1) is 38.2 Å². The Morgan fingerprint density at radius 1 is 1.00 bits per heavy atom. The van der Waals surface area contributed by atoms with Crippen LogP contribution in [0.3, 0.4) is 0 Å². The molecule has 1 aromatic carbocycles. The van der Waals surface area contributed by atoms with E-state index in [0.29, 0.717) is 41.8 Å². The third-order valence-corrected chi connectivity index (χ3v) is 6.40. The van der Waals surface area contributed by atoms with Gasteiger partial charge in [0.1, 0.15) is 0 Å². The van der Waals surface area contributed by atoms with Crippen LogP contribution in [-0.2, 0) is 4.74 Å². The molecule has 0 unspecified atom stereocenters. The molecule has 3 amide bonds. The molecule has 2 aliphatic rings. The SMILES string of the molecule is COc1cc(NC(=O)NCCO[C@@H]2CCCC[C@H]2C)c(C(=O)N2CCCCC2)cc1OC. The topological polar surface area (TPSA) is 89.1 Å². The number of methoxy groups -OCH3 is 2. The minimum absolute atomic E-state index is 0.115. The number of likely N-dealkylation sites (tertiary alicyclic amines) is 1. The number of anilines is 1. The number of benzene rings is 1. The maximum Gasteiger partial charge on any atom is 0.319 e. The lowest BCUT2D eigenvalue weighted by Crippen LogP contribution is -2.37. The van der Waals surface area contributed by atoms with Crippen LogP contribution in [-0.4, -0.2) is 63.4 Å². The predicted octanol–water partition coefficient (Wildman–Crippen LogP) is 4.05. The summed E-state index contributed by atoms with van der Waals surface area (Å²) < 4.78 is 16.7. The van der Waals surface area contributed by atoms with Crippen LogP contribution in [0.1, 0.15) is 62.2 Å².